The third-order valence-electron chi connectivity index (χ3n) is 2.70. The van der Waals surface area contributed by atoms with E-state index in [9.17, 15) is 0 Å². The molecule has 1 aliphatic rings. The molecule has 1 unspecified atom stereocenters. The predicted octanol–water partition coefficient (Wildman–Crippen LogP) is 1.57. The van der Waals surface area contributed by atoms with Gasteiger partial charge in [-0.15, -0.1) is 0 Å². The molecule has 14 heavy (non-hydrogen) atoms. The summed E-state index contributed by atoms with van der Waals surface area (Å²) in [6.07, 6.45) is 1.07. The van der Waals surface area contributed by atoms with Crippen LogP contribution >= 0.6 is 11.6 Å². The number of hydrogen-bond acceptors (Lipinski definition) is 2. The van der Waals surface area contributed by atoms with Gasteiger partial charge in [-0.3, -0.25) is 0 Å². The first-order valence-electron chi connectivity index (χ1n) is 4.95. The molecule has 0 spiro atoms. The minimum atomic E-state index is 0.533. The SMILES string of the molecule is CNCC1Cc2cccc(Cl)c2CN1. The van der Waals surface area contributed by atoms with E-state index in [2.05, 4.69) is 16.7 Å². The van der Waals surface area contributed by atoms with Crippen molar-refractivity contribution in [2.45, 2.75) is 19.0 Å². The number of fused-ring (bicyclic) bond motifs is 1. The van der Waals surface area contributed by atoms with Crippen LogP contribution in [-0.4, -0.2) is 19.6 Å². The molecular formula is C11H15ClN2. The highest BCUT2D eigenvalue weighted by Gasteiger charge is 2.18. The van der Waals surface area contributed by atoms with Gasteiger partial charge in [0.25, 0.3) is 0 Å². The van der Waals surface area contributed by atoms with E-state index in [0.29, 0.717) is 6.04 Å². The Hall–Kier alpha value is -0.570. The van der Waals surface area contributed by atoms with Crippen LogP contribution in [0, 0.1) is 0 Å². The van der Waals surface area contributed by atoms with Gasteiger partial charge in [0.05, 0.1) is 0 Å². The van der Waals surface area contributed by atoms with E-state index in [4.69, 9.17) is 11.6 Å². The monoisotopic (exact) mass is 210 g/mol. The molecule has 2 nitrogen and oxygen atoms in total. The second-order valence-corrected chi connectivity index (χ2v) is 4.12. The van der Waals surface area contributed by atoms with Crippen LogP contribution in [0.4, 0.5) is 0 Å². The number of benzene rings is 1. The van der Waals surface area contributed by atoms with E-state index in [-0.39, 0.29) is 0 Å². The molecule has 76 valence electrons. The Morgan fingerprint density at radius 2 is 2.43 bits per heavy atom. The Morgan fingerprint density at radius 1 is 1.57 bits per heavy atom. The van der Waals surface area contributed by atoms with Gasteiger partial charge < -0.3 is 10.6 Å². The first kappa shape index (κ1) is 9.97. The predicted molar refractivity (Wildman–Crippen MR) is 59.7 cm³/mol. The van der Waals surface area contributed by atoms with E-state index in [1.807, 2.05) is 19.2 Å². The second-order valence-electron chi connectivity index (χ2n) is 3.72. The fourth-order valence-corrected chi connectivity index (χ4v) is 2.23. The molecule has 0 amide bonds. The Bertz CT molecular complexity index is 325. The topological polar surface area (TPSA) is 24.1 Å². The third kappa shape index (κ3) is 1.92. The highest BCUT2D eigenvalue weighted by atomic mass is 35.5. The first-order chi connectivity index (χ1) is 6.81. The molecule has 0 radical (unpaired) electrons. The zero-order chi connectivity index (χ0) is 9.97. The van der Waals surface area contributed by atoms with Crippen molar-refractivity contribution in [3.8, 4) is 0 Å². The molecule has 1 heterocycles. The molecule has 0 saturated heterocycles. The molecular weight excluding hydrogens is 196 g/mol. The lowest BCUT2D eigenvalue weighted by Gasteiger charge is -2.26. The van der Waals surface area contributed by atoms with E-state index < -0.39 is 0 Å². The maximum Gasteiger partial charge on any atom is 0.0453 e. The van der Waals surface area contributed by atoms with Gasteiger partial charge in [0.15, 0.2) is 0 Å². The van der Waals surface area contributed by atoms with Gasteiger partial charge in [0.1, 0.15) is 0 Å². The summed E-state index contributed by atoms with van der Waals surface area (Å²) >= 11 is 6.11. The Labute approximate surface area is 89.7 Å². The van der Waals surface area contributed by atoms with Crippen LogP contribution in [0.5, 0.6) is 0 Å². The maximum absolute atomic E-state index is 6.11. The summed E-state index contributed by atoms with van der Waals surface area (Å²) in [7, 11) is 1.98. The fraction of sp³-hybridized carbons (Fsp3) is 0.455. The van der Waals surface area contributed by atoms with Gasteiger partial charge in [-0.2, -0.15) is 0 Å². The number of hydrogen-bond donors (Lipinski definition) is 2. The van der Waals surface area contributed by atoms with E-state index >= 15 is 0 Å². The summed E-state index contributed by atoms with van der Waals surface area (Å²) in [5, 5.41) is 7.54. The van der Waals surface area contributed by atoms with Crippen molar-refractivity contribution in [2.24, 2.45) is 0 Å². The van der Waals surface area contributed by atoms with Crippen molar-refractivity contribution >= 4 is 11.6 Å². The molecule has 0 bridgehead atoms. The van der Waals surface area contributed by atoms with E-state index in [0.717, 1.165) is 24.5 Å². The lowest BCUT2D eigenvalue weighted by molar-refractivity contribution is 0.462. The van der Waals surface area contributed by atoms with Crippen LogP contribution in [0.3, 0.4) is 0 Å². The number of halogens is 1. The Morgan fingerprint density at radius 3 is 3.21 bits per heavy atom. The minimum Gasteiger partial charge on any atom is -0.318 e. The van der Waals surface area contributed by atoms with Gasteiger partial charge in [0, 0.05) is 24.2 Å². The Balaban J connectivity index is 2.18. The van der Waals surface area contributed by atoms with E-state index in [1.54, 1.807) is 0 Å². The summed E-state index contributed by atoms with van der Waals surface area (Å²) in [6, 6.07) is 6.69. The van der Waals surface area contributed by atoms with Crippen LogP contribution in [0.2, 0.25) is 5.02 Å². The van der Waals surface area contributed by atoms with E-state index in [1.165, 1.54) is 11.1 Å². The van der Waals surface area contributed by atoms with Crippen LogP contribution in [0.25, 0.3) is 0 Å². The van der Waals surface area contributed by atoms with Gasteiger partial charge in [0.2, 0.25) is 0 Å². The molecule has 0 aromatic heterocycles. The smallest absolute Gasteiger partial charge is 0.0453 e. The van der Waals surface area contributed by atoms with Gasteiger partial charge >= 0.3 is 0 Å². The van der Waals surface area contributed by atoms with Crippen LogP contribution in [0.1, 0.15) is 11.1 Å². The van der Waals surface area contributed by atoms with Crippen LogP contribution < -0.4 is 10.6 Å². The molecule has 2 rings (SSSR count). The molecule has 0 aliphatic carbocycles. The lowest BCUT2D eigenvalue weighted by atomic mass is 9.96. The second kappa shape index (κ2) is 4.30. The first-order valence-corrected chi connectivity index (χ1v) is 5.33. The normalized spacial score (nSPS) is 20.6. The molecule has 3 heteroatoms. The van der Waals surface area contributed by atoms with Gasteiger partial charge in [-0.05, 0) is 30.7 Å². The highest BCUT2D eigenvalue weighted by Crippen LogP contribution is 2.24. The molecule has 1 atom stereocenters. The van der Waals surface area contributed by atoms with Crippen molar-refractivity contribution < 1.29 is 0 Å². The largest absolute Gasteiger partial charge is 0.318 e. The molecule has 1 aromatic rings. The summed E-state index contributed by atoms with van der Waals surface area (Å²) in [4.78, 5) is 0. The standard InChI is InChI=1S/C11H15ClN2/c1-13-6-9-5-8-3-2-4-11(12)10(8)7-14-9/h2-4,9,13-14H,5-7H2,1H3. The van der Waals surface area contributed by atoms with Crippen molar-refractivity contribution in [1.29, 1.82) is 0 Å². The zero-order valence-corrected chi connectivity index (χ0v) is 9.06. The molecule has 1 aromatic carbocycles. The number of nitrogens with one attached hydrogen (secondary N) is 2. The summed E-state index contributed by atoms with van der Waals surface area (Å²) in [5.74, 6) is 0. The maximum atomic E-state index is 6.11. The third-order valence-corrected chi connectivity index (χ3v) is 3.05. The number of rotatable bonds is 2. The van der Waals surface area contributed by atoms with Gasteiger partial charge in [-0.25, -0.2) is 0 Å². The molecule has 0 saturated carbocycles. The summed E-state index contributed by atoms with van der Waals surface area (Å²) in [6.45, 7) is 1.90. The Kier molecular flexibility index (Phi) is 3.06. The fourth-order valence-electron chi connectivity index (χ4n) is 1.97. The number of likely N-dealkylation sites (N-methyl/N-ethyl adjacent to an activating group) is 1. The van der Waals surface area contributed by atoms with Crippen LogP contribution in [0.15, 0.2) is 18.2 Å². The van der Waals surface area contributed by atoms with Crippen LogP contribution in [-0.2, 0) is 13.0 Å². The summed E-state index contributed by atoms with van der Waals surface area (Å²) in [5.41, 5.74) is 2.65. The summed E-state index contributed by atoms with van der Waals surface area (Å²) < 4.78 is 0. The minimum absolute atomic E-state index is 0.533. The quantitative estimate of drug-likeness (QED) is 0.775. The van der Waals surface area contributed by atoms with Gasteiger partial charge in [-0.1, -0.05) is 23.7 Å². The molecule has 1 aliphatic heterocycles. The van der Waals surface area contributed by atoms with Crippen molar-refractivity contribution in [3.05, 3.63) is 34.3 Å². The average molecular weight is 211 g/mol. The molecule has 0 fully saturated rings. The average Bonchev–Trinajstić information content (AvgIpc) is 2.18. The zero-order valence-electron chi connectivity index (χ0n) is 8.31. The molecule has 2 N–H and O–H groups in total. The highest BCUT2D eigenvalue weighted by molar-refractivity contribution is 6.31. The van der Waals surface area contributed by atoms with Crippen molar-refractivity contribution in [1.82, 2.24) is 10.6 Å². The van der Waals surface area contributed by atoms with Crippen molar-refractivity contribution in [2.75, 3.05) is 13.6 Å². The lowest BCUT2D eigenvalue weighted by Crippen LogP contribution is -2.42. The van der Waals surface area contributed by atoms with Crippen molar-refractivity contribution in [3.63, 3.8) is 0 Å².